The summed E-state index contributed by atoms with van der Waals surface area (Å²) in [5.41, 5.74) is 0. The van der Waals surface area contributed by atoms with Crippen LogP contribution in [0.15, 0.2) is 0 Å². The van der Waals surface area contributed by atoms with Gasteiger partial charge in [0.05, 0.1) is 5.92 Å². The highest BCUT2D eigenvalue weighted by atomic mass is 16.6. The lowest BCUT2D eigenvalue weighted by Crippen LogP contribution is -2.19. The van der Waals surface area contributed by atoms with Crippen LogP contribution in [0.25, 0.3) is 0 Å². The normalized spacial score (nSPS) is 45.3. The van der Waals surface area contributed by atoms with Crippen molar-refractivity contribution in [2.75, 3.05) is 0 Å². The molecule has 0 N–H and O–H groups in total. The molecule has 2 unspecified atom stereocenters. The molecule has 1 saturated carbocycles. The highest BCUT2D eigenvalue weighted by molar-refractivity contribution is 5.75. The average molecular weight is 140 g/mol. The third kappa shape index (κ3) is 0.746. The number of rotatable bonds is 0. The van der Waals surface area contributed by atoms with Gasteiger partial charge in [-0.25, -0.2) is 0 Å². The Bertz CT molecular complexity index is 165. The van der Waals surface area contributed by atoms with E-state index in [4.69, 9.17) is 4.74 Å². The van der Waals surface area contributed by atoms with Crippen LogP contribution in [0.1, 0.15) is 26.2 Å². The molecule has 3 atom stereocenters. The molecule has 0 amide bonds. The molecule has 1 heterocycles. The van der Waals surface area contributed by atoms with Gasteiger partial charge in [0, 0.05) is 0 Å². The van der Waals surface area contributed by atoms with E-state index in [1.807, 2.05) is 0 Å². The Balaban J connectivity index is 2.17. The van der Waals surface area contributed by atoms with Gasteiger partial charge < -0.3 is 4.74 Å². The standard InChI is InChI=1S/C8H12O2/c1-5-2-3-6-4-7(5)8(9)10-6/h5-7H,2-4H2,1H3/t5-,6?,7?/m0/s1. The number of carbonyl (C=O) groups excluding carboxylic acids is 1. The van der Waals surface area contributed by atoms with Crippen molar-refractivity contribution in [3.8, 4) is 0 Å². The topological polar surface area (TPSA) is 26.3 Å². The number of hydrogen-bond donors (Lipinski definition) is 0. The molecular formula is C8H12O2. The van der Waals surface area contributed by atoms with Crippen molar-refractivity contribution in [3.05, 3.63) is 0 Å². The van der Waals surface area contributed by atoms with Crippen LogP contribution in [-0.2, 0) is 9.53 Å². The fourth-order valence-electron chi connectivity index (χ4n) is 1.97. The van der Waals surface area contributed by atoms with Crippen molar-refractivity contribution < 1.29 is 9.53 Å². The van der Waals surface area contributed by atoms with E-state index in [-0.39, 0.29) is 18.0 Å². The molecule has 2 aliphatic rings. The fraction of sp³-hybridized carbons (Fsp3) is 0.875. The summed E-state index contributed by atoms with van der Waals surface area (Å²) in [5.74, 6) is 0.847. The number of ether oxygens (including phenoxy) is 1. The molecule has 2 rings (SSSR count). The van der Waals surface area contributed by atoms with Gasteiger partial charge in [0.25, 0.3) is 0 Å². The van der Waals surface area contributed by atoms with Crippen molar-refractivity contribution in [1.29, 1.82) is 0 Å². The van der Waals surface area contributed by atoms with Gasteiger partial charge in [-0.3, -0.25) is 4.79 Å². The number of fused-ring (bicyclic) bond motifs is 2. The van der Waals surface area contributed by atoms with E-state index in [9.17, 15) is 4.79 Å². The third-order valence-corrected chi connectivity index (χ3v) is 2.73. The van der Waals surface area contributed by atoms with Crippen LogP contribution >= 0.6 is 0 Å². The maximum absolute atomic E-state index is 11.0. The Kier molecular flexibility index (Phi) is 1.22. The fourth-order valence-corrected chi connectivity index (χ4v) is 1.97. The predicted octanol–water partition coefficient (Wildman–Crippen LogP) is 1.35. The number of hydrogen-bond acceptors (Lipinski definition) is 2. The summed E-state index contributed by atoms with van der Waals surface area (Å²) in [6.45, 7) is 2.15. The van der Waals surface area contributed by atoms with Crippen LogP contribution in [0.5, 0.6) is 0 Å². The maximum atomic E-state index is 11.0. The lowest BCUT2D eigenvalue weighted by atomic mass is 9.81. The molecule has 0 radical (unpaired) electrons. The van der Waals surface area contributed by atoms with Gasteiger partial charge in [-0.05, 0) is 25.2 Å². The molecule has 1 aliphatic carbocycles. The van der Waals surface area contributed by atoms with Crippen LogP contribution < -0.4 is 0 Å². The Morgan fingerprint density at radius 2 is 2.30 bits per heavy atom. The number of esters is 1. The molecule has 2 fully saturated rings. The highest BCUT2D eigenvalue weighted by Crippen LogP contribution is 2.37. The zero-order valence-electron chi connectivity index (χ0n) is 6.17. The molecule has 2 bridgehead atoms. The molecule has 2 heteroatoms. The van der Waals surface area contributed by atoms with Gasteiger partial charge in [-0.1, -0.05) is 6.92 Å². The van der Waals surface area contributed by atoms with E-state index >= 15 is 0 Å². The Morgan fingerprint density at radius 3 is 3.00 bits per heavy atom. The van der Waals surface area contributed by atoms with Crippen LogP contribution in [-0.4, -0.2) is 12.1 Å². The highest BCUT2D eigenvalue weighted by Gasteiger charge is 2.41. The summed E-state index contributed by atoms with van der Waals surface area (Å²) in [4.78, 5) is 11.0. The minimum Gasteiger partial charge on any atom is -0.462 e. The predicted molar refractivity (Wildman–Crippen MR) is 36.4 cm³/mol. The second kappa shape index (κ2) is 1.97. The van der Waals surface area contributed by atoms with E-state index < -0.39 is 0 Å². The van der Waals surface area contributed by atoms with Gasteiger partial charge in [0.2, 0.25) is 0 Å². The zero-order valence-corrected chi connectivity index (χ0v) is 6.17. The van der Waals surface area contributed by atoms with Crippen molar-refractivity contribution in [2.24, 2.45) is 11.8 Å². The molecule has 10 heavy (non-hydrogen) atoms. The molecule has 1 saturated heterocycles. The van der Waals surface area contributed by atoms with Crippen LogP contribution in [0, 0.1) is 11.8 Å². The summed E-state index contributed by atoms with van der Waals surface area (Å²) < 4.78 is 5.12. The maximum Gasteiger partial charge on any atom is 0.309 e. The largest absolute Gasteiger partial charge is 0.462 e. The lowest BCUT2D eigenvalue weighted by Gasteiger charge is -2.20. The zero-order chi connectivity index (χ0) is 7.14. The molecule has 56 valence electrons. The van der Waals surface area contributed by atoms with Crippen molar-refractivity contribution in [3.63, 3.8) is 0 Å². The van der Waals surface area contributed by atoms with E-state index in [1.165, 1.54) is 6.42 Å². The lowest BCUT2D eigenvalue weighted by molar-refractivity contribution is -0.143. The summed E-state index contributed by atoms with van der Waals surface area (Å²) in [6.07, 6.45) is 3.51. The Labute approximate surface area is 60.6 Å². The van der Waals surface area contributed by atoms with Gasteiger partial charge >= 0.3 is 5.97 Å². The van der Waals surface area contributed by atoms with Gasteiger partial charge in [-0.15, -0.1) is 0 Å². The minimum atomic E-state index is 0.0509. The summed E-state index contributed by atoms with van der Waals surface area (Å²) in [7, 11) is 0. The SMILES string of the molecule is C[C@H]1CCC2CC1C(=O)O2. The van der Waals surface area contributed by atoms with Crippen molar-refractivity contribution >= 4 is 5.97 Å². The number of carbonyl (C=O) groups is 1. The second-order valence-corrected chi connectivity index (χ2v) is 3.46. The van der Waals surface area contributed by atoms with E-state index in [0.29, 0.717) is 5.92 Å². The van der Waals surface area contributed by atoms with Crippen molar-refractivity contribution in [2.45, 2.75) is 32.3 Å². The Morgan fingerprint density at radius 1 is 1.50 bits per heavy atom. The molecular weight excluding hydrogens is 128 g/mol. The molecule has 0 aromatic rings. The van der Waals surface area contributed by atoms with Crippen LogP contribution in [0.3, 0.4) is 0 Å². The Hall–Kier alpha value is -0.530. The van der Waals surface area contributed by atoms with E-state index in [2.05, 4.69) is 6.92 Å². The first-order valence-electron chi connectivity index (χ1n) is 3.98. The molecule has 0 spiro atoms. The first-order chi connectivity index (χ1) is 4.77. The second-order valence-electron chi connectivity index (χ2n) is 3.46. The van der Waals surface area contributed by atoms with Gasteiger partial charge in [0.15, 0.2) is 0 Å². The average Bonchev–Trinajstić information content (AvgIpc) is 2.21. The van der Waals surface area contributed by atoms with Crippen LogP contribution in [0.2, 0.25) is 0 Å². The van der Waals surface area contributed by atoms with Crippen molar-refractivity contribution in [1.82, 2.24) is 0 Å². The van der Waals surface area contributed by atoms with E-state index in [0.717, 1.165) is 12.8 Å². The molecule has 1 aliphatic heterocycles. The summed E-state index contributed by atoms with van der Waals surface area (Å²) >= 11 is 0. The molecule has 2 nitrogen and oxygen atoms in total. The first kappa shape index (κ1) is 6.20. The first-order valence-corrected chi connectivity index (χ1v) is 3.98. The third-order valence-electron chi connectivity index (χ3n) is 2.73. The van der Waals surface area contributed by atoms with Crippen LogP contribution in [0.4, 0.5) is 0 Å². The summed E-state index contributed by atoms with van der Waals surface area (Å²) in [5, 5.41) is 0. The smallest absolute Gasteiger partial charge is 0.309 e. The van der Waals surface area contributed by atoms with E-state index in [1.54, 1.807) is 0 Å². The van der Waals surface area contributed by atoms with Gasteiger partial charge in [0.1, 0.15) is 6.10 Å². The molecule has 0 aromatic carbocycles. The van der Waals surface area contributed by atoms with Gasteiger partial charge in [-0.2, -0.15) is 0 Å². The summed E-state index contributed by atoms with van der Waals surface area (Å²) in [6, 6.07) is 0. The molecule has 0 aromatic heterocycles. The quantitative estimate of drug-likeness (QED) is 0.475. The monoisotopic (exact) mass is 140 g/mol. The minimum absolute atomic E-state index is 0.0509.